The molecular weight excluding hydrogens is 276 g/mol. The molecule has 21 heavy (non-hydrogen) atoms. The molecule has 0 saturated carbocycles. The van der Waals surface area contributed by atoms with E-state index in [9.17, 15) is 9.59 Å². The SMILES string of the molecule is COC(=O)c1cc(CNC(=O)NCc2ccco2)oc1C. The van der Waals surface area contributed by atoms with Gasteiger partial charge in [-0.15, -0.1) is 0 Å². The third-order valence-corrected chi connectivity index (χ3v) is 2.80. The van der Waals surface area contributed by atoms with Gasteiger partial charge in [-0.1, -0.05) is 0 Å². The Bertz CT molecular complexity index is 615. The highest BCUT2D eigenvalue weighted by molar-refractivity contribution is 5.90. The van der Waals surface area contributed by atoms with Gasteiger partial charge in [0.25, 0.3) is 0 Å². The smallest absolute Gasteiger partial charge is 0.341 e. The third kappa shape index (κ3) is 3.88. The number of methoxy groups -OCH3 is 1. The molecule has 2 heterocycles. The number of ether oxygens (including phenoxy) is 1. The van der Waals surface area contributed by atoms with Gasteiger partial charge in [-0.05, 0) is 25.1 Å². The summed E-state index contributed by atoms with van der Waals surface area (Å²) < 4.78 is 15.1. The van der Waals surface area contributed by atoms with Crippen molar-refractivity contribution in [3.63, 3.8) is 0 Å². The summed E-state index contributed by atoms with van der Waals surface area (Å²) in [5.74, 6) is 1.12. The predicted octanol–water partition coefficient (Wildman–Crippen LogP) is 1.97. The van der Waals surface area contributed by atoms with Crippen molar-refractivity contribution in [2.45, 2.75) is 20.0 Å². The molecule has 2 rings (SSSR count). The minimum atomic E-state index is -0.468. The summed E-state index contributed by atoms with van der Waals surface area (Å²) >= 11 is 0. The highest BCUT2D eigenvalue weighted by Crippen LogP contribution is 2.15. The molecule has 0 spiro atoms. The van der Waals surface area contributed by atoms with E-state index in [0.29, 0.717) is 29.4 Å². The fourth-order valence-corrected chi connectivity index (χ4v) is 1.75. The van der Waals surface area contributed by atoms with Crippen molar-refractivity contribution in [1.29, 1.82) is 0 Å². The van der Waals surface area contributed by atoms with Gasteiger partial charge in [0, 0.05) is 0 Å². The van der Waals surface area contributed by atoms with E-state index in [0.717, 1.165) is 0 Å². The van der Waals surface area contributed by atoms with Gasteiger partial charge in [0.2, 0.25) is 0 Å². The molecule has 2 N–H and O–H groups in total. The molecule has 0 aliphatic heterocycles. The van der Waals surface area contributed by atoms with Gasteiger partial charge < -0.3 is 24.2 Å². The van der Waals surface area contributed by atoms with Gasteiger partial charge in [0.05, 0.1) is 26.5 Å². The van der Waals surface area contributed by atoms with Crippen LogP contribution in [0.2, 0.25) is 0 Å². The normalized spacial score (nSPS) is 10.2. The molecule has 0 saturated heterocycles. The zero-order chi connectivity index (χ0) is 15.2. The zero-order valence-electron chi connectivity index (χ0n) is 11.8. The Morgan fingerprint density at radius 1 is 1.24 bits per heavy atom. The number of aryl methyl sites for hydroxylation is 1. The largest absolute Gasteiger partial charge is 0.467 e. The van der Waals surface area contributed by atoms with E-state index >= 15 is 0 Å². The Morgan fingerprint density at radius 3 is 2.57 bits per heavy atom. The molecule has 0 unspecified atom stereocenters. The molecule has 0 fully saturated rings. The van der Waals surface area contributed by atoms with Gasteiger partial charge >= 0.3 is 12.0 Å². The molecule has 0 atom stereocenters. The number of hydrogen-bond donors (Lipinski definition) is 2. The van der Waals surface area contributed by atoms with Crippen molar-refractivity contribution >= 4 is 12.0 Å². The van der Waals surface area contributed by atoms with Gasteiger partial charge in [0.15, 0.2) is 0 Å². The number of carbonyl (C=O) groups excluding carboxylic acids is 2. The summed E-state index contributed by atoms with van der Waals surface area (Å²) in [6.07, 6.45) is 1.54. The summed E-state index contributed by atoms with van der Waals surface area (Å²) in [5, 5.41) is 5.25. The fourth-order valence-electron chi connectivity index (χ4n) is 1.75. The Balaban J connectivity index is 1.82. The van der Waals surface area contributed by atoms with Crippen molar-refractivity contribution in [2.24, 2.45) is 0 Å². The van der Waals surface area contributed by atoms with Crippen molar-refractivity contribution < 1.29 is 23.2 Å². The van der Waals surface area contributed by atoms with Crippen LogP contribution < -0.4 is 10.6 Å². The Labute approximate surface area is 121 Å². The van der Waals surface area contributed by atoms with Crippen LogP contribution in [0.5, 0.6) is 0 Å². The van der Waals surface area contributed by atoms with Gasteiger partial charge in [-0.2, -0.15) is 0 Å². The molecule has 0 radical (unpaired) electrons. The van der Waals surface area contributed by atoms with Crippen LogP contribution in [-0.4, -0.2) is 19.1 Å². The highest BCUT2D eigenvalue weighted by atomic mass is 16.5. The van der Waals surface area contributed by atoms with Crippen molar-refractivity contribution in [3.05, 3.63) is 47.3 Å². The maximum absolute atomic E-state index is 11.6. The van der Waals surface area contributed by atoms with E-state index in [2.05, 4.69) is 15.4 Å². The van der Waals surface area contributed by atoms with Crippen LogP contribution in [-0.2, 0) is 17.8 Å². The molecule has 2 amide bonds. The number of nitrogens with one attached hydrogen (secondary N) is 2. The quantitative estimate of drug-likeness (QED) is 0.822. The van der Waals surface area contributed by atoms with E-state index in [-0.39, 0.29) is 12.6 Å². The number of urea groups is 1. The summed E-state index contributed by atoms with van der Waals surface area (Å²) in [5.41, 5.74) is 0.352. The fraction of sp³-hybridized carbons (Fsp3) is 0.286. The maximum Gasteiger partial charge on any atom is 0.341 e. The van der Waals surface area contributed by atoms with Gasteiger partial charge in [-0.3, -0.25) is 0 Å². The number of rotatable bonds is 5. The Kier molecular flexibility index (Phi) is 4.65. The summed E-state index contributed by atoms with van der Waals surface area (Å²) in [6.45, 7) is 2.12. The topological polar surface area (TPSA) is 93.7 Å². The molecule has 2 aromatic rings. The lowest BCUT2D eigenvalue weighted by Gasteiger charge is -2.04. The number of furan rings is 2. The Morgan fingerprint density at radius 2 is 1.95 bits per heavy atom. The molecule has 0 bridgehead atoms. The van der Waals surface area contributed by atoms with Gasteiger partial charge in [-0.25, -0.2) is 9.59 Å². The average molecular weight is 292 g/mol. The van der Waals surface area contributed by atoms with Crippen LogP contribution in [0.3, 0.4) is 0 Å². The maximum atomic E-state index is 11.6. The van der Waals surface area contributed by atoms with Gasteiger partial charge in [0.1, 0.15) is 22.8 Å². The monoisotopic (exact) mass is 292 g/mol. The molecule has 0 aliphatic rings. The lowest BCUT2D eigenvalue weighted by atomic mass is 10.2. The van der Waals surface area contributed by atoms with Crippen molar-refractivity contribution in [3.8, 4) is 0 Å². The second-order valence-corrected chi connectivity index (χ2v) is 4.29. The summed E-state index contributed by atoms with van der Waals surface area (Å²) in [4.78, 5) is 23.0. The average Bonchev–Trinajstić information content (AvgIpc) is 3.11. The first-order valence-electron chi connectivity index (χ1n) is 6.32. The number of esters is 1. The van der Waals surface area contributed by atoms with E-state index in [1.807, 2.05) is 0 Å². The number of carbonyl (C=O) groups is 2. The summed E-state index contributed by atoms with van der Waals surface area (Å²) in [6, 6.07) is 4.70. The molecule has 0 aliphatic carbocycles. The Hall–Kier alpha value is -2.70. The predicted molar refractivity (Wildman–Crippen MR) is 72.6 cm³/mol. The van der Waals surface area contributed by atoms with Crippen molar-refractivity contribution in [2.75, 3.05) is 7.11 Å². The van der Waals surface area contributed by atoms with Crippen LogP contribution in [0.15, 0.2) is 33.3 Å². The molecule has 7 heteroatoms. The first-order valence-corrected chi connectivity index (χ1v) is 6.32. The van der Waals surface area contributed by atoms with E-state index in [4.69, 9.17) is 8.83 Å². The van der Waals surface area contributed by atoms with E-state index in [1.165, 1.54) is 13.4 Å². The van der Waals surface area contributed by atoms with E-state index < -0.39 is 5.97 Å². The molecule has 2 aromatic heterocycles. The molecule has 0 aromatic carbocycles. The lowest BCUT2D eigenvalue weighted by Crippen LogP contribution is -2.34. The molecule has 7 nitrogen and oxygen atoms in total. The van der Waals surface area contributed by atoms with Crippen molar-refractivity contribution in [1.82, 2.24) is 10.6 Å². The van der Waals surface area contributed by atoms with Crippen LogP contribution in [0, 0.1) is 6.92 Å². The number of amides is 2. The lowest BCUT2D eigenvalue weighted by molar-refractivity contribution is 0.0598. The minimum absolute atomic E-state index is 0.168. The van der Waals surface area contributed by atoms with E-state index in [1.54, 1.807) is 25.1 Å². The minimum Gasteiger partial charge on any atom is -0.467 e. The highest BCUT2D eigenvalue weighted by Gasteiger charge is 2.15. The second kappa shape index (κ2) is 6.65. The third-order valence-electron chi connectivity index (χ3n) is 2.80. The standard InChI is InChI=1S/C14H16N2O5/c1-9-12(13(17)19-2)6-11(21-9)8-16-14(18)15-7-10-4-3-5-20-10/h3-6H,7-8H2,1-2H3,(H2,15,16,18). The summed E-state index contributed by atoms with van der Waals surface area (Å²) in [7, 11) is 1.30. The molecular formula is C14H16N2O5. The van der Waals surface area contributed by atoms with Crippen LogP contribution in [0.25, 0.3) is 0 Å². The first-order chi connectivity index (χ1) is 10.1. The molecule has 112 valence electrons. The zero-order valence-corrected chi connectivity index (χ0v) is 11.8. The van der Waals surface area contributed by atoms with Crippen LogP contribution in [0.4, 0.5) is 4.79 Å². The van der Waals surface area contributed by atoms with Crippen LogP contribution >= 0.6 is 0 Å². The second-order valence-electron chi connectivity index (χ2n) is 4.29. The van der Waals surface area contributed by atoms with Crippen LogP contribution in [0.1, 0.15) is 27.6 Å². The number of hydrogen-bond acceptors (Lipinski definition) is 5. The first kappa shape index (κ1) is 14.7.